The lowest BCUT2D eigenvalue weighted by molar-refractivity contribution is -0.144. The Morgan fingerprint density at radius 3 is 2.69 bits per heavy atom. The van der Waals surface area contributed by atoms with E-state index in [2.05, 4.69) is 13.8 Å². The molecule has 0 aromatic heterocycles. The van der Waals surface area contributed by atoms with Crippen LogP contribution in [-0.2, 0) is 14.3 Å². The number of rotatable bonds is 2. The van der Waals surface area contributed by atoms with Gasteiger partial charge in [-0.25, -0.2) is 4.79 Å². The van der Waals surface area contributed by atoms with Gasteiger partial charge in [-0.05, 0) is 25.2 Å². The van der Waals surface area contributed by atoms with E-state index in [1.165, 1.54) is 19.3 Å². The van der Waals surface area contributed by atoms with Gasteiger partial charge in [-0.3, -0.25) is 0 Å². The van der Waals surface area contributed by atoms with Crippen molar-refractivity contribution in [3.63, 3.8) is 0 Å². The summed E-state index contributed by atoms with van der Waals surface area (Å²) in [7, 11) is 0. The molecule has 3 nitrogen and oxygen atoms in total. The minimum Gasteiger partial charge on any atom is -0.464 e. The zero-order valence-corrected chi connectivity index (χ0v) is 10.5. The molecule has 1 saturated heterocycles. The summed E-state index contributed by atoms with van der Waals surface area (Å²) in [6.45, 7) is 6.72. The first-order chi connectivity index (χ1) is 7.53. The SMILES string of the molecule is CCOC(=O)C1OC12CCCCCC2(C)C. The van der Waals surface area contributed by atoms with Crippen LogP contribution in [0.3, 0.4) is 0 Å². The molecule has 2 unspecified atom stereocenters. The Bertz CT molecular complexity index is 285. The van der Waals surface area contributed by atoms with Crippen LogP contribution in [0.2, 0.25) is 0 Å². The maximum Gasteiger partial charge on any atom is 0.338 e. The van der Waals surface area contributed by atoms with E-state index >= 15 is 0 Å². The van der Waals surface area contributed by atoms with Gasteiger partial charge in [-0.1, -0.05) is 33.1 Å². The van der Waals surface area contributed by atoms with Crippen LogP contribution in [0, 0.1) is 5.41 Å². The molecule has 1 spiro atoms. The van der Waals surface area contributed by atoms with Crippen LogP contribution in [-0.4, -0.2) is 24.3 Å². The molecule has 0 N–H and O–H groups in total. The van der Waals surface area contributed by atoms with Crippen molar-refractivity contribution in [3.05, 3.63) is 0 Å². The van der Waals surface area contributed by atoms with Crippen molar-refractivity contribution in [3.8, 4) is 0 Å². The van der Waals surface area contributed by atoms with Gasteiger partial charge >= 0.3 is 5.97 Å². The first-order valence-electron chi connectivity index (χ1n) is 6.38. The molecule has 16 heavy (non-hydrogen) atoms. The lowest BCUT2D eigenvalue weighted by atomic mass is 9.73. The maximum atomic E-state index is 11.7. The highest BCUT2D eigenvalue weighted by molar-refractivity contribution is 5.79. The van der Waals surface area contributed by atoms with Crippen molar-refractivity contribution in [2.45, 2.75) is 64.6 Å². The Morgan fingerprint density at radius 1 is 1.31 bits per heavy atom. The number of carbonyl (C=O) groups excluding carboxylic acids is 1. The second-order valence-electron chi connectivity index (χ2n) is 5.58. The molecule has 2 atom stereocenters. The van der Waals surface area contributed by atoms with E-state index < -0.39 is 0 Å². The zero-order valence-electron chi connectivity index (χ0n) is 10.5. The van der Waals surface area contributed by atoms with Crippen molar-refractivity contribution < 1.29 is 14.3 Å². The minimum absolute atomic E-state index is 0.0981. The third-order valence-electron chi connectivity index (χ3n) is 4.19. The molecule has 1 aliphatic carbocycles. The molecule has 2 rings (SSSR count). The number of carbonyl (C=O) groups is 1. The first kappa shape index (κ1) is 11.9. The Morgan fingerprint density at radius 2 is 2.00 bits per heavy atom. The molecule has 2 aliphatic rings. The number of epoxide rings is 1. The highest BCUT2D eigenvalue weighted by atomic mass is 16.7. The molecule has 2 fully saturated rings. The third-order valence-corrected chi connectivity index (χ3v) is 4.19. The molecule has 0 aromatic carbocycles. The van der Waals surface area contributed by atoms with Crippen LogP contribution < -0.4 is 0 Å². The molecular formula is C13H22O3. The van der Waals surface area contributed by atoms with Gasteiger partial charge in [-0.15, -0.1) is 0 Å². The molecule has 0 radical (unpaired) electrons. The van der Waals surface area contributed by atoms with Gasteiger partial charge in [0, 0.05) is 0 Å². The second-order valence-corrected chi connectivity index (χ2v) is 5.58. The standard InChI is InChI=1S/C13H22O3/c1-4-15-11(14)10-13(16-10)9-7-5-6-8-12(13,2)3/h10H,4-9H2,1-3H3. The molecule has 0 amide bonds. The molecule has 0 bridgehead atoms. The first-order valence-corrected chi connectivity index (χ1v) is 6.38. The van der Waals surface area contributed by atoms with E-state index in [0.29, 0.717) is 6.61 Å². The summed E-state index contributed by atoms with van der Waals surface area (Å²) in [6, 6.07) is 0. The fourth-order valence-electron chi connectivity index (χ4n) is 3.02. The average molecular weight is 226 g/mol. The van der Waals surface area contributed by atoms with Crippen LogP contribution in [0.5, 0.6) is 0 Å². The predicted molar refractivity (Wildman–Crippen MR) is 61.1 cm³/mol. The Hall–Kier alpha value is -0.570. The molecule has 3 heteroatoms. The van der Waals surface area contributed by atoms with Gasteiger partial charge in [0.2, 0.25) is 0 Å². The average Bonchev–Trinajstić information content (AvgIpc) is 2.95. The van der Waals surface area contributed by atoms with Crippen LogP contribution in [0.25, 0.3) is 0 Å². The van der Waals surface area contributed by atoms with E-state index in [9.17, 15) is 4.79 Å². The number of hydrogen-bond donors (Lipinski definition) is 0. The van der Waals surface area contributed by atoms with E-state index in [0.717, 1.165) is 12.8 Å². The second kappa shape index (κ2) is 4.02. The Labute approximate surface area is 97.5 Å². The van der Waals surface area contributed by atoms with Crippen molar-refractivity contribution in [2.24, 2.45) is 5.41 Å². The lowest BCUT2D eigenvalue weighted by Gasteiger charge is -2.30. The van der Waals surface area contributed by atoms with Crippen LogP contribution in [0.15, 0.2) is 0 Å². The van der Waals surface area contributed by atoms with Gasteiger partial charge in [-0.2, -0.15) is 0 Å². The summed E-state index contributed by atoms with van der Waals surface area (Å²) >= 11 is 0. The Balaban J connectivity index is 2.10. The fraction of sp³-hybridized carbons (Fsp3) is 0.923. The van der Waals surface area contributed by atoms with Gasteiger partial charge in [0.25, 0.3) is 0 Å². The smallest absolute Gasteiger partial charge is 0.338 e. The topological polar surface area (TPSA) is 38.8 Å². The quantitative estimate of drug-likeness (QED) is 0.537. The summed E-state index contributed by atoms with van der Waals surface area (Å²) in [5, 5.41) is 0. The van der Waals surface area contributed by atoms with Crippen molar-refractivity contribution in [1.29, 1.82) is 0 Å². The van der Waals surface area contributed by atoms with Crippen LogP contribution >= 0.6 is 0 Å². The van der Waals surface area contributed by atoms with Crippen molar-refractivity contribution in [1.82, 2.24) is 0 Å². The van der Waals surface area contributed by atoms with E-state index in [1.807, 2.05) is 6.92 Å². The molecular weight excluding hydrogens is 204 g/mol. The predicted octanol–water partition coefficient (Wildman–Crippen LogP) is 2.68. The number of esters is 1. The van der Waals surface area contributed by atoms with Crippen molar-refractivity contribution in [2.75, 3.05) is 6.61 Å². The monoisotopic (exact) mass is 226 g/mol. The summed E-state index contributed by atoms with van der Waals surface area (Å²) in [5.41, 5.74) is -0.128. The van der Waals surface area contributed by atoms with Crippen LogP contribution in [0.1, 0.15) is 52.9 Å². The maximum absolute atomic E-state index is 11.7. The molecule has 92 valence electrons. The molecule has 1 saturated carbocycles. The van der Waals surface area contributed by atoms with Gasteiger partial charge in [0.15, 0.2) is 6.10 Å². The van der Waals surface area contributed by atoms with E-state index in [4.69, 9.17) is 9.47 Å². The minimum atomic E-state index is -0.305. The summed E-state index contributed by atoms with van der Waals surface area (Å²) < 4.78 is 10.8. The summed E-state index contributed by atoms with van der Waals surface area (Å²) in [6.07, 6.45) is 5.50. The number of hydrogen-bond acceptors (Lipinski definition) is 3. The summed E-state index contributed by atoms with van der Waals surface area (Å²) in [5.74, 6) is -0.169. The Kier molecular flexibility index (Phi) is 2.99. The van der Waals surface area contributed by atoms with Gasteiger partial charge in [0.1, 0.15) is 5.60 Å². The zero-order chi connectivity index (χ0) is 11.8. The van der Waals surface area contributed by atoms with Crippen molar-refractivity contribution >= 4 is 5.97 Å². The van der Waals surface area contributed by atoms with Gasteiger partial charge < -0.3 is 9.47 Å². The lowest BCUT2D eigenvalue weighted by Crippen LogP contribution is -2.36. The van der Waals surface area contributed by atoms with Crippen LogP contribution in [0.4, 0.5) is 0 Å². The molecule has 1 aliphatic heterocycles. The fourth-order valence-corrected chi connectivity index (χ4v) is 3.02. The van der Waals surface area contributed by atoms with Gasteiger partial charge in [0.05, 0.1) is 6.61 Å². The number of ether oxygens (including phenoxy) is 2. The third kappa shape index (κ3) is 1.75. The normalized spacial score (nSPS) is 36.8. The highest BCUT2D eigenvalue weighted by Gasteiger charge is 2.68. The largest absolute Gasteiger partial charge is 0.464 e. The molecule has 1 heterocycles. The summed E-state index contributed by atoms with van der Waals surface area (Å²) in [4.78, 5) is 11.7. The highest BCUT2D eigenvalue weighted by Crippen LogP contribution is 2.57. The van der Waals surface area contributed by atoms with E-state index in [-0.39, 0.29) is 23.1 Å². The van der Waals surface area contributed by atoms with E-state index in [1.54, 1.807) is 0 Å². The molecule has 0 aromatic rings.